The molecule has 0 radical (unpaired) electrons. The third-order valence-electron chi connectivity index (χ3n) is 5.35. The van der Waals surface area contributed by atoms with E-state index < -0.39 is 0 Å². The van der Waals surface area contributed by atoms with Gasteiger partial charge in [-0.1, -0.05) is 48.6 Å². The summed E-state index contributed by atoms with van der Waals surface area (Å²) in [5, 5.41) is 23.9. The summed E-state index contributed by atoms with van der Waals surface area (Å²) in [4.78, 5) is 0. The number of hydrogen-bond acceptors (Lipinski definition) is 2. The summed E-state index contributed by atoms with van der Waals surface area (Å²) in [5.74, 6) is 0.845. The van der Waals surface area contributed by atoms with E-state index in [0.717, 1.165) is 39.6 Å². The molecule has 3 aromatic rings. The van der Waals surface area contributed by atoms with Crippen molar-refractivity contribution in [3.63, 3.8) is 0 Å². The van der Waals surface area contributed by atoms with Gasteiger partial charge in [-0.15, -0.1) is 0 Å². The number of aromatic hydroxyl groups is 2. The number of fused-ring (bicyclic) bond motifs is 6. The Morgan fingerprint density at radius 2 is 1.57 bits per heavy atom. The zero-order valence-electron chi connectivity index (χ0n) is 12.8. The van der Waals surface area contributed by atoms with Crippen molar-refractivity contribution in [1.29, 1.82) is 0 Å². The van der Waals surface area contributed by atoms with Gasteiger partial charge in [0.05, 0.1) is 5.69 Å². The second-order valence-corrected chi connectivity index (χ2v) is 6.60. The van der Waals surface area contributed by atoms with Gasteiger partial charge in [-0.2, -0.15) is 0 Å². The van der Waals surface area contributed by atoms with Crippen molar-refractivity contribution in [2.24, 2.45) is 0 Å². The van der Waals surface area contributed by atoms with Crippen LogP contribution in [0.5, 0.6) is 11.8 Å². The average Bonchev–Trinajstić information content (AvgIpc) is 3.23. The molecule has 2 aromatic carbocycles. The van der Waals surface area contributed by atoms with Crippen molar-refractivity contribution in [3.05, 3.63) is 65.2 Å². The lowest BCUT2D eigenvalue weighted by Crippen LogP contribution is -1.99. The summed E-state index contributed by atoms with van der Waals surface area (Å²) in [6.07, 6.45) is 5.26. The molecule has 0 amide bonds. The normalized spacial score (nSPS) is 21.3. The first-order valence-corrected chi connectivity index (χ1v) is 8.00. The fraction of sp³-hybridized carbons (Fsp3) is 0.200. The molecule has 0 saturated carbocycles. The largest absolute Gasteiger partial charge is 0.494 e. The maximum absolute atomic E-state index is 10.9. The van der Waals surface area contributed by atoms with E-state index >= 15 is 0 Å². The highest BCUT2D eigenvalue weighted by Crippen LogP contribution is 2.57. The van der Waals surface area contributed by atoms with Gasteiger partial charge in [-0.25, -0.2) is 0 Å². The van der Waals surface area contributed by atoms with E-state index in [1.54, 1.807) is 4.57 Å². The van der Waals surface area contributed by atoms with Crippen molar-refractivity contribution < 1.29 is 10.2 Å². The molecule has 0 aliphatic heterocycles. The number of allylic oxidation sites excluding steroid dienone is 2. The lowest BCUT2D eigenvalue weighted by atomic mass is 10.0. The summed E-state index contributed by atoms with van der Waals surface area (Å²) >= 11 is 0. The first-order chi connectivity index (χ1) is 11.2. The SMILES string of the molecule is Cc1ccc2ccccc2c1-n1c(O)c2c(c1O)[C@H]1C=C[C@@H]2C1. The summed E-state index contributed by atoms with van der Waals surface area (Å²) in [6, 6.07) is 12.2. The number of hydrogen-bond donors (Lipinski definition) is 2. The molecule has 5 rings (SSSR count). The summed E-state index contributed by atoms with van der Waals surface area (Å²) in [5.41, 5.74) is 3.71. The monoisotopic (exact) mass is 303 g/mol. The van der Waals surface area contributed by atoms with Crippen LogP contribution < -0.4 is 0 Å². The van der Waals surface area contributed by atoms with E-state index in [0.29, 0.717) is 0 Å². The van der Waals surface area contributed by atoms with Crippen molar-refractivity contribution in [3.8, 4) is 17.4 Å². The maximum Gasteiger partial charge on any atom is 0.202 e. The van der Waals surface area contributed by atoms with Gasteiger partial charge in [-0.05, 0) is 24.3 Å². The van der Waals surface area contributed by atoms with Gasteiger partial charge >= 0.3 is 0 Å². The third-order valence-corrected chi connectivity index (χ3v) is 5.35. The molecule has 1 heterocycles. The van der Waals surface area contributed by atoms with Crippen LogP contribution in [0.1, 0.15) is 34.9 Å². The van der Waals surface area contributed by atoms with E-state index in [2.05, 4.69) is 24.3 Å². The number of nitrogens with zero attached hydrogens (tertiary/aromatic N) is 1. The second kappa shape index (κ2) is 4.19. The zero-order valence-corrected chi connectivity index (χ0v) is 12.8. The number of rotatable bonds is 1. The molecular weight excluding hydrogens is 286 g/mol. The van der Waals surface area contributed by atoms with Gasteiger partial charge in [0.2, 0.25) is 11.8 Å². The van der Waals surface area contributed by atoms with Crippen LogP contribution in [0.3, 0.4) is 0 Å². The quantitative estimate of drug-likeness (QED) is 0.651. The summed E-state index contributed by atoms with van der Waals surface area (Å²) < 4.78 is 1.63. The highest BCUT2D eigenvalue weighted by Gasteiger charge is 2.41. The number of aromatic nitrogens is 1. The Labute approximate surface area is 134 Å². The fourth-order valence-corrected chi connectivity index (χ4v) is 4.31. The van der Waals surface area contributed by atoms with Crippen LogP contribution in [0.2, 0.25) is 0 Å². The van der Waals surface area contributed by atoms with Crippen LogP contribution in [0.25, 0.3) is 16.5 Å². The molecule has 0 fully saturated rings. The first-order valence-electron chi connectivity index (χ1n) is 8.00. The highest BCUT2D eigenvalue weighted by molar-refractivity contribution is 5.92. The molecule has 2 N–H and O–H groups in total. The highest BCUT2D eigenvalue weighted by atomic mass is 16.3. The van der Waals surface area contributed by atoms with Gasteiger partial charge < -0.3 is 10.2 Å². The lowest BCUT2D eigenvalue weighted by molar-refractivity contribution is 0.395. The van der Waals surface area contributed by atoms with Crippen molar-refractivity contribution in [1.82, 2.24) is 4.57 Å². The van der Waals surface area contributed by atoms with E-state index in [1.807, 2.05) is 31.2 Å². The predicted molar refractivity (Wildman–Crippen MR) is 90.6 cm³/mol. The van der Waals surface area contributed by atoms with Gasteiger partial charge in [0.15, 0.2) is 0 Å². The molecule has 2 aliphatic carbocycles. The minimum Gasteiger partial charge on any atom is -0.494 e. The minimum atomic E-state index is 0.189. The van der Waals surface area contributed by atoms with E-state index in [9.17, 15) is 10.2 Å². The van der Waals surface area contributed by atoms with Crippen LogP contribution >= 0.6 is 0 Å². The molecule has 0 saturated heterocycles. The van der Waals surface area contributed by atoms with Crippen LogP contribution in [-0.2, 0) is 0 Å². The lowest BCUT2D eigenvalue weighted by Gasteiger charge is -2.15. The predicted octanol–water partition coefficient (Wildman–Crippen LogP) is 4.49. The third kappa shape index (κ3) is 1.49. The molecular formula is C20H17NO2. The average molecular weight is 303 g/mol. The Bertz CT molecular complexity index is 961. The van der Waals surface area contributed by atoms with E-state index in [-0.39, 0.29) is 23.6 Å². The Morgan fingerprint density at radius 1 is 0.913 bits per heavy atom. The Hall–Kier alpha value is -2.68. The van der Waals surface area contributed by atoms with Crippen LogP contribution in [0, 0.1) is 6.92 Å². The van der Waals surface area contributed by atoms with Gasteiger partial charge in [0.1, 0.15) is 0 Å². The topological polar surface area (TPSA) is 45.4 Å². The molecule has 0 unspecified atom stereocenters. The molecule has 3 heteroatoms. The first kappa shape index (κ1) is 12.8. The molecule has 2 aliphatic rings. The van der Waals surface area contributed by atoms with Crippen molar-refractivity contribution in [2.45, 2.75) is 25.2 Å². The van der Waals surface area contributed by atoms with E-state index in [4.69, 9.17) is 0 Å². The van der Waals surface area contributed by atoms with Gasteiger partial charge in [-0.3, -0.25) is 4.57 Å². The van der Waals surface area contributed by atoms with Crippen LogP contribution in [0.4, 0.5) is 0 Å². The Balaban J connectivity index is 1.87. The van der Waals surface area contributed by atoms with Gasteiger partial charge in [0, 0.05) is 28.3 Å². The standard InChI is InChI=1S/C20H17NO2/c1-11-6-7-12-4-2-3-5-15(12)18(11)21-19(22)16-13-8-9-14(10-13)17(16)20(21)23/h2-9,13-14,22-23H,10H2,1H3/t13-,14+. The molecule has 2 bridgehead atoms. The molecule has 23 heavy (non-hydrogen) atoms. The summed E-state index contributed by atoms with van der Waals surface area (Å²) in [7, 11) is 0. The maximum atomic E-state index is 10.9. The van der Waals surface area contributed by atoms with Crippen LogP contribution in [0.15, 0.2) is 48.6 Å². The number of benzene rings is 2. The molecule has 2 atom stereocenters. The second-order valence-electron chi connectivity index (χ2n) is 6.60. The summed E-state index contributed by atoms with van der Waals surface area (Å²) in [6.45, 7) is 2.01. The van der Waals surface area contributed by atoms with Gasteiger partial charge in [0.25, 0.3) is 0 Å². The molecule has 0 spiro atoms. The van der Waals surface area contributed by atoms with Crippen molar-refractivity contribution >= 4 is 10.8 Å². The molecule has 114 valence electrons. The zero-order chi connectivity index (χ0) is 15.7. The fourth-order valence-electron chi connectivity index (χ4n) is 4.31. The Kier molecular flexibility index (Phi) is 2.34. The number of aryl methyl sites for hydroxylation is 1. The Morgan fingerprint density at radius 3 is 2.26 bits per heavy atom. The molecule has 1 aromatic heterocycles. The van der Waals surface area contributed by atoms with Crippen LogP contribution in [-0.4, -0.2) is 14.8 Å². The smallest absolute Gasteiger partial charge is 0.202 e. The van der Waals surface area contributed by atoms with Crippen molar-refractivity contribution in [2.75, 3.05) is 0 Å². The van der Waals surface area contributed by atoms with E-state index in [1.165, 1.54) is 0 Å². The molecule has 3 nitrogen and oxygen atoms in total. The minimum absolute atomic E-state index is 0.189.